The third kappa shape index (κ3) is 1.96. The number of aromatic amines is 1. The first-order chi connectivity index (χ1) is 8.93. The lowest BCUT2D eigenvalue weighted by Crippen LogP contribution is -2.55. The lowest BCUT2D eigenvalue weighted by molar-refractivity contribution is -0.0530. The SMILES string of the molecule is C#CC1(N)C(O)[C@@H](CO)O[C@H]1n1ncc(=O)[nH]c1=O. The molecule has 1 saturated heterocycles. The number of nitrogens with zero attached hydrogens (tertiary/aromatic N) is 2. The van der Waals surface area contributed by atoms with Gasteiger partial charge in [0.05, 0.1) is 6.61 Å². The van der Waals surface area contributed by atoms with E-state index in [-0.39, 0.29) is 0 Å². The van der Waals surface area contributed by atoms with Crippen LogP contribution in [-0.2, 0) is 4.74 Å². The van der Waals surface area contributed by atoms with E-state index in [0.717, 1.165) is 10.9 Å². The summed E-state index contributed by atoms with van der Waals surface area (Å²) in [7, 11) is 0. The number of aromatic nitrogens is 3. The van der Waals surface area contributed by atoms with Gasteiger partial charge in [0.1, 0.15) is 18.4 Å². The lowest BCUT2D eigenvalue weighted by atomic mass is 9.92. The first kappa shape index (κ1) is 13.4. The third-order valence-corrected chi connectivity index (χ3v) is 2.94. The Hall–Kier alpha value is -1.99. The molecule has 0 aliphatic carbocycles. The second-order valence-corrected chi connectivity index (χ2v) is 4.12. The molecule has 5 N–H and O–H groups in total. The van der Waals surface area contributed by atoms with Crippen LogP contribution in [0.3, 0.4) is 0 Å². The first-order valence-corrected chi connectivity index (χ1v) is 5.33. The van der Waals surface area contributed by atoms with Gasteiger partial charge in [-0.25, -0.2) is 4.79 Å². The van der Waals surface area contributed by atoms with Gasteiger partial charge in [0.2, 0.25) is 0 Å². The van der Waals surface area contributed by atoms with Crippen LogP contribution in [0, 0.1) is 12.3 Å². The minimum absolute atomic E-state index is 0.531. The van der Waals surface area contributed by atoms with Gasteiger partial charge < -0.3 is 20.7 Å². The molecule has 19 heavy (non-hydrogen) atoms. The second kappa shape index (κ2) is 4.60. The summed E-state index contributed by atoms with van der Waals surface area (Å²) in [4.78, 5) is 24.5. The lowest BCUT2D eigenvalue weighted by Gasteiger charge is -2.26. The van der Waals surface area contributed by atoms with Gasteiger partial charge in [-0.1, -0.05) is 5.92 Å². The minimum Gasteiger partial charge on any atom is -0.394 e. The van der Waals surface area contributed by atoms with E-state index in [0.29, 0.717) is 0 Å². The van der Waals surface area contributed by atoms with E-state index in [9.17, 15) is 14.7 Å². The number of H-pyrrole nitrogens is 1. The summed E-state index contributed by atoms with van der Waals surface area (Å²) < 4.78 is 5.97. The molecule has 1 fully saturated rings. The van der Waals surface area contributed by atoms with E-state index < -0.39 is 41.8 Å². The molecule has 2 rings (SSSR count). The highest BCUT2D eigenvalue weighted by molar-refractivity contribution is 5.22. The average molecular weight is 268 g/mol. The van der Waals surface area contributed by atoms with E-state index in [1.165, 1.54) is 0 Å². The Morgan fingerprint density at radius 2 is 2.37 bits per heavy atom. The fourth-order valence-corrected chi connectivity index (χ4v) is 1.89. The highest BCUT2D eigenvalue weighted by Crippen LogP contribution is 2.34. The maximum Gasteiger partial charge on any atom is 0.347 e. The summed E-state index contributed by atoms with van der Waals surface area (Å²) in [5.41, 5.74) is 2.52. The van der Waals surface area contributed by atoms with Gasteiger partial charge in [0, 0.05) is 0 Å². The van der Waals surface area contributed by atoms with Crippen LogP contribution in [0.15, 0.2) is 15.8 Å². The average Bonchev–Trinajstić information content (AvgIpc) is 2.63. The van der Waals surface area contributed by atoms with Crippen LogP contribution in [-0.4, -0.2) is 49.3 Å². The second-order valence-electron chi connectivity index (χ2n) is 4.12. The van der Waals surface area contributed by atoms with Crippen molar-refractivity contribution in [2.24, 2.45) is 5.73 Å². The molecule has 9 heteroatoms. The van der Waals surface area contributed by atoms with Crippen LogP contribution in [0.1, 0.15) is 6.23 Å². The van der Waals surface area contributed by atoms with Gasteiger partial charge >= 0.3 is 5.69 Å². The Labute approximate surface area is 106 Å². The van der Waals surface area contributed by atoms with Gasteiger partial charge in [-0.15, -0.1) is 6.42 Å². The molecule has 0 spiro atoms. The zero-order chi connectivity index (χ0) is 14.2. The number of hydrogen-bond donors (Lipinski definition) is 4. The normalized spacial score (nSPS) is 34.1. The zero-order valence-corrected chi connectivity index (χ0v) is 9.68. The monoisotopic (exact) mass is 268 g/mol. The maximum atomic E-state index is 11.6. The molecule has 0 bridgehead atoms. The smallest absolute Gasteiger partial charge is 0.347 e. The highest BCUT2D eigenvalue weighted by Gasteiger charge is 2.54. The van der Waals surface area contributed by atoms with Crippen molar-refractivity contribution >= 4 is 0 Å². The summed E-state index contributed by atoms with van der Waals surface area (Å²) in [6.45, 7) is -0.531. The molecule has 102 valence electrons. The Morgan fingerprint density at radius 1 is 1.68 bits per heavy atom. The van der Waals surface area contributed by atoms with Gasteiger partial charge in [0.15, 0.2) is 11.8 Å². The molecule has 0 saturated carbocycles. The van der Waals surface area contributed by atoms with E-state index in [1.807, 2.05) is 4.98 Å². The Bertz CT molecular complexity index is 632. The standard InChI is InChI=1S/C10H12N4O5/c1-2-10(11)7(17)5(4-15)19-8(10)14-9(18)13-6(16)3-12-14/h1,3,5,7-8,15,17H,4,11H2,(H,13,16,18)/t5-,7?,8-,10?/m1/s1. The van der Waals surface area contributed by atoms with Crippen molar-refractivity contribution in [2.45, 2.75) is 24.0 Å². The summed E-state index contributed by atoms with van der Waals surface area (Å²) >= 11 is 0. The van der Waals surface area contributed by atoms with Crippen molar-refractivity contribution in [3.63, 3.8) is 0 Å². The molecule has 9 nitrogen and oxygen atoms in total. The number of nitrogens with one attached hydrogen (secondary N) is 1. The molecule has 2 unspecified atom stereocenters. The fraction of sp³-hybridized carbons (Fsp3) is 0.500. The Morgan fingerprint density at radius 3 is 2.89 bits per heavy atom. The molecule has 1 aromatic rings. The quantitative estimate of drug-likeness (QED) is 0.407. The van der Waals surface area contributed by atoms with Crippen molar-refractivity contribution in [1.29, 1.82) is 0 Å². The van der Waals surface area contributed by atoms with Gasteiger partial charge in [0.25, 0.3) is 5.56 Å². The van der Waals surface area contributed by atoms with Gasteiger partial charge in [-0.2, -0.15) is 9.78 Å². The molecule has 0 amide bonds. The van der Waals surface area contributed by atoms with E-state index >= 15 is 0 Å². The predicted octanol–water partition coefficient (Wildman–Crippen LogP) is -3.49. The number of rotatable bonds is 2. The van der Waals surface area contributed by atoms with Crippen molar-refractivity contribution in [3.05, 3.63) is 27.0 Å². The molecule has 1 aliphatic heterocycles. The fourth-order valence-electron chi connectivity index (χ4n) is 1.89. The summed E-state index contributed by atoms with van der Waals surface area (Å²) in [6, 6.07) is 0. The number of aliphatic hydroxyl groups excluding tert-OH is 2. The summed E-state index contributed by atoms with van der Waals surface area (Å²) in [5, 5.41) is 22.6. The van der Waals surface area contributed by atoms with Crippen molar-refractivity contribution < 1.29 is 14.9 Å². The molecule has 1 aromatic heterocycles. The van der Waals surface area contributed by atoms with Crippen LogP contribution >= 0.6 is 0 Å². The summed E-state index contributed by atoms with van der Waals surface area (Å²) in [5.74, 6) is 2.14. The van der Waals surface area contributed by atoms with Crippen molar-refractivity contribution in [1.82, 2.24) is 14.8 Å². The topological polar surface area (TPSA) is 143 Å². The van der Waals surface area contributed by atoms with Crippen LogP contribution in [0.5, 0.6) is 0 Å². The summed E-state index contributed by atoms with van der Waals surface area (Å²) in [6.07, 6.45) is 2.39. The molecule has 4 atom stereocenters. The molecular weight excluding hydrogens is 256 g/mol. The van der Waals surface area contributed by atoms with Crippen LogP contribution in [0.25, 0.3) is 0 Å². The minimum atomic E-state index is -1.75. The number of ether oxygens (including phenoxy) is 1. The molecule has 2 heterocycles. The van der Waals surface area contributed by atoms with E-state index in [4.69, 9.17) is 22.0 Å². The van der Waals surface area contributed by atoms with Crippen LogP contribution in [0.2, 0.25) is 0 Å². The molecule has 1 aliphatic rings. The zero-order valence-electron chi connectivity index (χ0n) is 9.68. The highest BCUT2D eigenvalue weighted by atomic mass is 16.5. The Balaban J connectivity index is 2.52. The predicted molar refractivity (Wildman–Crippen MR) is 61.9 cm³/mol. The number of terminal acetylenes is 1. The van der Waals surface area contributed by atoms with Crippen molar-refractivity contribution in [3.8, 4) is 12.3 Å². The first-order valence-electron chi connectivity index (χ1n) is 5.33. The maximum absolute atomic E-state index is 11.6. The number of hydrogen-bond acceptors (Lipinski definition) is 7. The third-order valence-electron chi connectivity index (χ3n) is 2.94. The van der Waals surface area contributed by atoms with Gasteiger partial charge in [-0.05, 0) is 0 Å². The van der Waals surface area contributed by atoms with Crippen molar-refractivity contribution in [2.75, 3.05) is 6.61 Å². The van der Waals surface area contributed by atoms with Crippen LogP contribution < -0.4 is 17.0 Å². The molecule has 0 radical (unpaired) electrons. The Kier molecular flexibility index (Phi) is 3.25. The molecular formula is C10H12N4O5. The number of aliphatic hydroxyl groups is 2. The number of nitrogens with two attached hydrogens (primary N) is 1. The van der Waals surface area contributed by atoms with Crippen LogP contribution in [0.4, 0.5) is 0 Å². The molecule has 0 aromatic carbocycles. The van der Waals surface area contributed by atoms with Gasteiger partial charge in [-0.3, -0.25) is 9.78 Å². The van der Waals surface area contributed by atoms with E-state index in [1.54, 1.807) is 0 Å². The largest absolute Gasteiger partial charge is 0.394 e. The van der Waals surface area contributed by atoms with E-state index in [2.05, 4.69) is 11.0 Å².